The van der Waals surface area contributed by atoms with E-state index in [4.69, 9.17) is 9.84 Å². The summed E-state index contributed by atoms with van der Waals surface area (Å²) in [7, 11) is 0. The molecule has 1 aliphatic carbocycles. The van der Waals surface area contributed by atoms with Crippen LogP contribution in [-0.4, -0.2) is 17.0 Å². The second-order valence-corrected chi connectivity index (χ2v) is 5.51. The van der Waals surface area contributed by atoms with Gasteiger partial charge in [-0.25, -0.2) is 4.79 Å². The molecule has 1 saturated carbocycles. The maximum atomic E-state index is 12.1. The molecule has 0 amide bonds. The molecule has 116 valence electrons. The van der Waals surface area contributed by atoms with Gasteiger partial charge in [-0.15, -0.1) is 6.58 Å². The quantitative estimate of drug-likeness (QED) is 0.390. The molecule has 4 heteroatoms. The number of aliphatic carboxylic acids is 1. The molecule has 1 N–H and O–H groups in total. The summed E-state index contributed by atoms with van der Waals surface area (Å²) in [5, 5.41) is 8.57. The van der Waals surface area contributed by atoms with E-state index >= 15 is 0 Å². The Labute approximate surface area is 130 Å². The smallest absolute Gasteiger partial charge is 0.328 e. The van der Waals surface area contributed by atoms with E-state index in [-0.39, 0.29) is 11.9 Å². The lowest BCUT2D eigenvalue weighted by molar-refractivity contribution is -0.140. The van der Waals surface area contributed by atoms with Crippen molar-refractivity contribution in [3.63, 3.8) is 0 Å². The first-order chi connectivity index (χ1) is 10.6. The molecule has 1 fully saturated rings. The topological polar surface area (TPSA) is 63.6 Å². The number of carboxylic acid groups (broad SMARTS) is 1. The number of ether oxygens (including phenoxy) is 1. The van der Waals surface area contributed by atoms with Gasteiger partial charge in [0.1, 0.15) is 5.75 Å². The normalized spacial score (nSPS) is 21.5. The van der Waals surface area contributed by atoms with Crippen molar-refractivity contribution in [2.45, 2.75) is 25.7 Å². The van der Waals surface area contributed by atoms with E-state index in [9.17, 15) is 9.59 Å². The Balaban J connectivity index is 1.89. The van der Waals surface area contributed by atoms with Crippen molar-refractivity contribution in [2.24, 2.45) is 11.8 Å². The van der Waals surface area contributed by atoms with Gasteiger partial charge in [0.05, 0.1) is 5.92 Å². The highest BCUT2D eigenvalue weighted by molar-refractivity contribution is 5.85. The molecule has 4 nitrogen and oxygen atoms in total. The summed E-state index contributed by atoms with van der Waals surface area (Å²) in [6.07, 6.45) is 8.18. The van der Waals surface area contributed by atoms with Crippen molar-refractivity contribution in [2.75, 3.05) is 0 Å². The van der Waals surface area contributed by atoms with Gasteiger partial charge in [-0.1, -0.05) is 18.2 Å². The van der Waals surface area contributed by atoms with Gasteiger partial charge in [-0.05, 0) is 55.4 Å². The molecule has 0 spiro atoms. The fourth-order valence-electron chi connectivity index (χ4n) is 2.60. The van der Waals surface area contributed by atoms with Crippen molar-refractivity contribution < 1.29 is 19.4 Å². The first-order valence-electron chi connectivity index (χ1n) is 7.44. The number of esters is 1. The molecule has 0 saturated heterocycles. The van der Waals surface area contributed by atoms with Gasteiger partial charge < -0.3 is 9.84 Å². The van der Waals surface area contributed by atoms with Crippen molar-refractivity contribution in [1.82, 2.24) is 0 Å². The van der Waals surface area contributed by atoms with Crippen molar-refractivity contribution in [3.8, 4) is 5.75 Å². The van der Waals surface area contributed by atoms with Crippen LogP contribution in [0, 0.1) is 11.8 Å². The Kier molecular flexibility index (Phi) is 5.53. The number of rotatable bonds is 5. The Hall–Kier alpha value is -2.36. The van der Waals surface area contributed by atoms with E-state index in [0.29, 0.717) is 11.7 Å². The third-order valence-corrected chi connectivity index (χ3v) is 3.96. The predicted octanol–water partition coefficient (Wildman–Crippen LogP) is 3.68. The van der Waals surface area contributed by atoms with E-state index in [0.717, 1.165) is 37.3 Å². The average molecular weight is 300 g/mol. The molecule has 1 aromatic rings. The minimum Gasteiger partial charge on any atom is -0.478 e. The zero-order chi connectivity index (χ0) is 15.9. The summed E-state index contributed by atoms with van der Waals surface area (Å²) < 4.78 is 5.40. The number of hydrogen-bond donors (Lipinski definition) is 1. The molecule has 0 bridgehead atoms. The van der Waals surface area contributed by atoms with Gasteiger partial charge in [0.15, 0.2) is 0 Å². The highest BCUT2D eigenvalue weighted by Crippen LogP contribution is 2.30. The monoisotopic (exact) mass is 300 g/mol. The van der Waals surface area contributed by atoms with Crippen LogP contribution in [0.25, 0.3) is 6.08 Å². The lowest BCUT2D eigenvalue weighted by atomic mass is 9.82. The Morgan fingerprint density at radius 1 is 1.14 bits per heavy atom. The van der Waals surface area contributed by atoms with E-state index in [2.05, 4.69) is 6.58 Å². The van der Waals surface area contributed by atoms with Gasteiger partial charge in [0.2, 0.25) is 0 Å². The van der Waals surface area contributed by atoms with Gasteiger partial charge in [0.25, 0.3) is 0 Å². The SMILES string of the molecule is C=CC1CCC(C(=O)Oc2ccc(C=CC(=O)O)cc2)CC1. The van der Waals surface area contributed by atoms with E-state index in [1.807, 2.05) is 6.08 Å². The summed E-state index contributed by atoms with van der Waals surface area (Å²) in [5.74, 6) is -0.211. The summed E-state index contributed by atoms with van der Waals surface area (Å²) in [6, 6.07) is 6.79. The Morgan fingerprint density at radius 3 is 2.32 bits per heavy atom. The molecule has 0 heterocycles. The molecule has 0 unspecified atom stereocenters. The molecule has 2 rings (SSSR count). The first kappa shape index (κ1) is 16.0. The Morgan fingerprint density at radius 2 is 1.77 bits per heavy atom. The third kappa shape index (κ3) is 4.58. The summed E-state index contributed by atoms with van der Waals surface area (Å²) in [6.45, 7) is 3.80. The number of benzene rings is 1. The van der Waals surface area contributed by atoms with Crippen molar-refractivity contribution in [3.05, 3.63) is 48.6 Å². The standard InChI is InChI=1S/C18H20O4/c1-2-13-3-8-15(9-4-13)18(21)22-16-10-5-14(6-11-16)7-12-17(19)20/h2,5-7,10-13,15H,1,3-4,8-9H2,(H,19,20). The summed E-state index contributed by atoms with van der Waals surface area (Å²) >= 11 is 0. The highest BCUT2D eigenvalue weighted by atomic mass is 16.5. The van der Waals surface area contributed by atoms with Crippen LogP contribution in [0.4, 0.5) is 0 Å². The molecule has 0 aromatic heterocycles. The first-order valence-corrected chi connectivity index (χ1v) is 7.44. The van der Waals surface area contributed by atoms with E-state index in [1.165, 1.54) is 6.08 Å². The minimum atomic E-state index is -0.995. The van der Waals surface area contributed by atoms with Crippen LogP contribution < -0.4 is 4.74 Å². The lowest BCUT2D eigenvalue weighted by Gasteiger charge is -2.24. The largest absolute Gasteiger partial charge is 0.478 e. The number of carboxylic acids is 1. The number of carbonyl (C=O) groups excluding carboxylic acids is 1. The van der Waals surface area contributed by atoms with Crippen LogP contribution in [0.5, 0.6) is 5.75 Å². The molecular weight excluding hydrogens is 280 g/mol. The fraction of sp³-hybridized carbons (Fsp3) is 0.333. The van der Waals surface area contributed by atoms with Crippen LogP contribution in [0.15, 0.2) is 43.0 Å². The van der Waals surface area contributed by atoms with E-state index < -0.39 is 5.97 Å². The zero-order valence-electron chi connectivity index (χ0n) is 12.4. The van der Waals surface area contributed by atoms with Gasteiger partial charge in [-0.3, -0.25) is 4.79 Å². The number of allylic oxidation sites excluding steroid dienone is 1. The molecular formula is C18H20O4. The van der Waals surface area contributed by atoms with Crippen LogP contribution in [-0.2, 0) is 9.59 Å². The molecule has 22 heavy (non-hydrogen) atoms. The molecule has 0 radical (unpaired) electrons. The van der Waals surface area contributed by atoms with Gasteiger partial charge in [-0.2, -0.15) is 0 Å². The Bertz CT molecular complexity index is 563. The molecule has 1 aliphatic rings. The second kappa shape index (κ2) is 7.59. The van der Waals surface area contributed by atoms with Crippen LogP contribution >= 0.6 is 0 Å². The zero-order valence-corrected chi connectivity index (χ0v) is 12.4. The highest BCUT2D eigenvalue weighted by Gasteiger charge is 2.26. The maximum Gasteiger partial charge on any atom is 0.328 e. The lowest BCUT2D eigenvalue weighted by Crippen LogP contribution is -2.25. The second-order valence-electron chi connectivity index (χ2n) is 5.51. The van der Waals surface area contributed by atoms with Gasteiger partial charge in [0, 0.05) is 6.08 Å². The maximum absolute atomic E-state index is 12.1. The molecule has 1 aromatic carbocycles. The molecule has 0 atom stereocenters. The summed E-state index contributed by atoms with van der Waals surface area (Å²) in [4.78, 5) is 22.6. The van der Waals surface area contributed by atoms with Crippen molar-refractivity contribution >= 4 is 18.0 Å². The fourth-order valence-corrected chi connectivity index (χ4v) is 2.60. The van der Waals surface area contributed by atoms with Crippen LogP contribution in [0.1, 0.15) is 31.2 Å². The van der Waals surface area contributed by atoms with E-state index in [1.54, 1.807) is 24.3 Å². The average Bonchev–Trinajstić information content (AvgIpc) is 2.54. The van der Waals surface area contributed by atoms with Gasteiger partial charge >= 0.3 is 11.9 Å². The van der Waals surface area contributed by atoms with Crippen LogP contribution in [0.3, 0.4) is 0 Å². The third-order valence-electron chi connectivity index (χ3n) is 3.96. The number of carbonyl (C=O) groups is 2. The minimum absolute atomic E-state index is 0.0391. The number of hydrogen-bond acceptors (Lipinski definition) is 3. The van der Waals surface area contributed by atoms with Crippen LogP contribution in [0.2, 0.25) is 0 Å². The van der Waals surface area contributed by atoms with Crippen molar-refractivity contribution in [1.29, 1.82) is 0 Å². The molecule has 0 aliphatic heterocycles. The summed E-state index contributed by atoms with van der Waals surface area (Å²) in [5.41, 5.74) is 0.744. The predicted molar refractivity (Wildman–Crippen MR) is 84.4 cm³/mol.